The number of carbonyl (C=O) groups excluding carboxylic acids is 1. The van der Waals surface area contributed by atoms with E-state index in [2.05, 4.69) is 27.9 Å². The van der Waals surface area contributed by atoms with E-state index in [9.17, 15) is 4.79 Å². The Bertz CT molecular complexity index is 1070. The normalized spacial score (nSPS) is 14.3. The summed E-state index contributed by atoms with van der Waals surface area (Å²) in [7, 11) is 0. The maximum Gasteiger partial charge on any atom is 0.222 e. The van der Waals surface area contributed by atoms with E-state index in [1.54, 1.807) is 35.9 Å². The van der Waals surface area contributed by atoms with Crippen molar-refractivity contribution in [3.05, 3.63) is 45.5 Å². The van der Waals surface area contributed by atoms with Crippen molar-refractivity contribution in [2.75, 3.05) is 37.7 Å². The molecule has 0 saturated carbocycles. The Morgan fingerprint density at radius 2 is 1.97 bits per heavy atom. The zero-order valence-electron chi connectivity index (χ0n) is 17.3. The summed E-state index contributed by atoms with van der Waals surface area (Å²) < 4.78 is 5.67. The summed E-state index contributed by atoms with van der Waals surface area (Å²) in [5.74, 6) is 1.71. The van der Waals surface area contributed by atoms with Gasteiger partial charge in [0.15, 0.2) is 0 Å². The maximum absolute atomic E-state index is 12.6. The van der Waals surface area contributed by atoms with Gasteiger partial charge in [-0.3, -0.25) is 4.79 Å². The van der Waals surface area contributed by atoms with E-state index >= 15 is 0 Å². The minimum atomic E-state index is 0.155. The number of hydrogen-bond donors (Lipinski definition) is 0. The van der Waals surface area contributed by atoms with Crippen LogP contribution >= 0.6 is 34.5 Å². The number of benzene rings is 1. The fraction of sp³-hybridized carbons (Fsp3) is 0.409. The molecule has 31 heavy (non-hydrogen) atoms. The first-order valence-corrected chi connectivity index (χ1v) is 12.0. The van der Waals surface area contributed by atoms with Crippen LogP contribution in [0.5, 0.6) is 5.75 Å². The van der Waals surface area contributed by atoms with Gasteiger partial charge in [0.1, 0.15) is 22.7 Å². The maximum atomic E-state index is 12.6. The molecule has 1 aromatic carbocycles. The third-order valence-corrected chi connectivity index (χ3v) is 7.04. The number of nitrogens with zero attached hydrogens (tertiary/aromatic N) is 4. The Hall–Kier alpha value is -2.09. The number of anilines is 1. The van der Waals surface area contributed by atoms with Gasteiger partial charge in [-0.2, -0.15) is 0 Å². The van der Waals surface area contributed by atoms with Crippen LogP contribution in [-0.4, -0.2) is 53.6 Å². The van der Waals surface area contributed by atoms with Crippen LogP contribution in [0.15, 0.2) is 30.6 Å². The number of aromatic nitrogens is 2. The number of fused-ring (bicyclic) bond motifs is 1. The number of rotatable bonds is 7. The molecular formula is C22H24Cl2N4O2S. The fourth-order valence-electron chi connectivity index (χ4n) is 3.64. The SMILES string of the molecule is CCc1cc2c(N3CCN(C(=O)CCCOc4ccc(Cl)cc4Cl)CC3)ncnc2s1. The van der Waals surface area contributed by atoms with Crippen LogP contribution in [0.2, 0.25) is 10.0 Å². The molecule has 164 valence electrons. The topological polar surface area (TPSA) is 58.6 Å². The predicted molar refractivity (Wildman–Crippen MR) is 127 cm³/mol. The van der Waals surface area contributed by atoms with Crippen molar-refractivity contribution in [1.29, 1.82) is 0 Å². The highest BCUT2D eigenvalue weighted by molar-refractivity contribution is 7.18. The molecule has 1 aliphatic heterocycles. The van der Waals surface area contributed by atoms with E-state index in [1.165, 1.54) is 4.88 Å². The molecule has 9 heteroatoms. The lowest BCUT2D eigenvalue weighted by Crippen LogP contribution is -2.49. The summed E-state index contributed by atoms with van der Waals surface area (Å²) >= 11 is 13.7. The van der Waals surface area contributed by atoms with Crippen LogP contribution in [0.3, 0.4) is 0 Å². The Kier molecular flexibility index (Phi) is 7.15. The molecule has 0 bridgehead atoms. The molecule has 1 saturated heterocycles. The number of amides is 1. The number of thiophene rings is 1. The van der Waals surface area contributed by atoms with Gasteiger partial charge in [0.25, 0.3) is 0 Å². The van der Waals surface area contributed by atoms with E-state index in [1.807, 2.05) is 4.90 Å². The van der Waals surface area contributed by atoms with E-state index < -0.39 is 0 Å². The number of aryl methyl sites for hydroxylation is 1. The number of carbonyl (C=O) groups is 1. The van der Waals surface area contributed by atoms with Crippen LogP contribution in [0.1, 0.15) is 24.6 Å². The smallest absolute Gasteiger partial charge is 0.222 e. The van der Waals surface area contributed by atoms with Crippen molar-refractivity contribution < 1.29 is 9.53 Å². The quantitative estimate of drug-likeness (QED) is 0.443. The summed E-state index contributed by atoms with van der Waals surface area (Å²) in [5.41, 5.74) is 0. The zero-order valence-corrected chi connectivity index (χ0v) is 19.6. The Morgan fingerprint density at radius 3 is 2.71 bits per heavy atom. The molecule has 0 unspecified atom stereocenters. The van der Waals surface area contributed by atoms with Crippen LogP contribution in [0.25, 0.3) is 10.2 Å². The number of ether oxygens (including phenoxy) is 1. The highest BCUT2D eigenvalue weighted by atomic mass is 35.5. The second-order valence-electron chi connectivity index (χ2n) is 7.38. The molecule has 0 atom stereocenters. The summed E-state index contributed by atoms with van der Waals surface area (Å²) in [5, 5.41) is 2.16. The largest absolute Gasteiger partial charge is 0.492 e. The van der Waals surface area contributed by atoms with Crippen molar-refractivity contribution in [1.82, 2.24) is 14.9 Å². The number of hydrogen-bond acceptors (Lipinski definition) is 6. The van der Waals surface area contributed by atoms with Crippen LogP contribution < -0.4 is 9.64 Å². The lowest BCUT2D eigenvalue weighted by atomic mass is 10.2. The third kappa shape index (κ3) is 5.22. The number of piperazine rings is 1. The summed E-state index contributed by atoms with van der Waals surface area (Å²) in [6, 6.07) is 7.32. The standard InChI is InChI=1S/C22H24Cl2N4O2S/c1-2-16-13-17-21(25-14-26-22(17)31-16)28-9-7-27(8-10-28)20(29)4-3-11-30-19-6-5-15(23)12-18(19)24/h5-6,12-14H,2-4,7-11H2,1H3. The van der Waals surface area contributed by atoms with Crippen molar-refractivity contribution in [2.24, 2.45) is 0 Å². The van der Waals surface area contributed by atoms with Gasteiger partial charge in [0, 0.05) is 42.5 Å². The molecule has 1 amide bonds. The van der Waals surface area contributed by atoms with Crippen molar-refractivity contribution in [2.45, 2.75) is 26.2 Å². The zero-order chi connectivity index (χ0) is 21.8. The Labute approximate surface area is 195 Å². The van der Waals surface area contributed by atoms with Crippen LogP contribution in [0.4, 0.5) is 5.82 Å². The van der Waals surface area contributed by atoms with E-state index in [-0.39, 0.29) is 5.91 Å². The third-order valence-electron chi connectivity index (χ3n) is 5.33. The average molecular weight is 479 g/mol. The minimum absolute atomic E-state index is 0.155. The first-order valence-electron chi connectivity index (χ1n) is 10.4. The average Bonchev–Trinajstić information content (AvgIpc) is 3.21. The van der Waals surface area contributed by atoms with Gasteiger partial charge in [-0.25, -0.2) is 9.97 Å². The van der Waals surface area contributed by atoms with E-state index in [0.29, 0.717) is 48.3 Å². The molecule has 3 aromatic rings. The number of halogens is 2. The molecule has 4 rings (SSSR count). The van der Waals surface area contributed by atoms with Gasteiger partial charge >= 0.3 is 0 Å². The molecule has 0 aliphatic carbocycles. The lowest BCUT2D eigenvalue weighted by Gasteiger charge is -2.35. The van der Waals surface area contributed by atoms with Gasteiger partial charge in [-0.05, 0) is 37.1 Å². The molecule has 0 spiro atoms. The lowest BCUT2D eigenvalue weighted by molar-refractivity contribution is -0.131. The monoisotopic (exact) mass is 478 g/mol. The molecular weight excluding hydrogens is 455 g/mol. The second kappa shape index (κ2) is 10.0. The van der Waals surface area contributed by atoms with Gasteiger partial charge < -0.3 is 14.5 Å². The van der Waals surface area contributed by atoms with Gasteiger partial charge in [-0.1, -0.05) is 30.1 Å². The highest BCUT2D eigenvalue weighted by Gasteiger charge is 2.23. The van der Waals surface area contributed by atoms with Crippen molar-refractivity contribution >= 4 is 56.5 Å². The van der Waals surface area contributed by atoms with Crippen LogP contribution in [-0.2, 0) is 11.2 Å². The molecule has 6 nitrogen and oxygen atoms in total. The van der Waals surface area contributed by atoms with E-state index in [0.717, 1.165) is 35.5 Å². The van der Waals surface area contributed by atoms with Gasteiger partial charge in [0.05, 0.1) is 17.0 Å². The van der Waals surface area contributed by atoms with Crippen molar-refractivity contribution in [3.8, 4) is 5.75 Å². The summed E-state index contributed by atoms with van der Waals surface area (Å²) in [6.07, 6.45) is 3.72. The van der Waals surface area contributed by atoms with Crippen LogP contribution in [0, 0.1) is 0 Å². The molecule has 0 N–H and O–H groups in total. The molecule has 3 heterocycles. The Morgan fingerprint density at radius 1 is 1.16 bits per heavy atom. The summed E-state index contributed by atoms with van der Waals surface area (Å²) in [4.78, 5) is 28.1. The van der Waals surface area contributed by atoms with Crippen molar-refractivity contribution in [3.63, 3.8) is 0 Å². The van der Waals surface area contributed by atoms with E-state index in [4.69, 9.17) is 27.9 Å². The minimum Gasteiger partial charge on any atom is -0.492 e. The predicted octanol–water partition coefficient (Wildman–Crippen LogP) is 5.07. The van der Waals surface area contributed by atoms with Gasteiger partial charge in [-0.15, -0.1) is 11.3 Å². The van der Waals surface area contributed by atoms with Gasteiger partial charge in [0.2, 0.25) is 5.91 Å². The molecule has 0 radical (unpaired) electrons. The first kappa shape index (κ1) is 22.1. The second-order valence-corrected chi connectivity index (χ2v) is 9.34. The summed E-state index contributed by atoms with van der Waals surface area (Å²) in [6.45, 7) is 5.51. The molecule has 2 aromatic heterocycles. The molecule has 1 aliphatic rings. The fourth-order valence-corrected chi connectivity index (χ4v) is 5.04. The first-order chi connectivity index (χ1) is 15.0. The molecule has 1 fully saturated rings. The highest BCUT2D eigenvalue weighted by Crippen LogP contribution is 2.31. The Balaban J connectivity index is 1.26.